The van der Waals surface area contributed by atoms with Crippen molar-refractivity contribution in [1.82, 2.24) is 5.32 Å². The van der Waals surface area contributed by atoms with Crippen LogP contribution in [0.15, 0.2) is 0 Å². The number of hydrogen-bond acceptors (Lipinski definition) is 15. The van der Waals surface area contributed by atoms with Crippen molar-refractivity contribution in [2.24, 2.45) is 22.9 Å². The molecule has 2 heterocycles. The number of ether oxygens (including phenoxy) is 4. The molecule has 14 unspecified atom stereocenters. The summed E-state index contributed by atoms with van der Waals surface area (Å²) in [4.78, 5) is 12.2. The number of aliphatic hydroxyl groups excluding tert-OH is 6. The highest BCUT2D eigenvalue weighted by molar-refractivity contribution is 5.80. The molecular weight excluding hydrogens is 498 g/mol. The van der Waals surface area contributed by atoms with Gasteiger partial charge in [0.05, 0.1) is 24.8 Å². The lowest BCUT2D eigenvalue weighted by molar-refractivity contribution is -0.280. The molecule has 1 saturated carbocycles. The third-order valence-corrected chi connectivity index (χ3v) is 7.01. The van der Waals surface area contributed by atoms with E-state index in [4.69, 9.17) is 41.9 Å². The van der Waals surface area contributed by atoms with Crippen molar-refractivity contribution in [3.63, 3.8) is 0 Å². The number of rotatable bonds is 10. The summed E-state index contributed by atoms with van der Waals surface area (Å²) in [7, 11) is 0. The third kappa shape index (κ3) is 6.92. The van der Waals surface area contributed by atoms with Gasteiger partial charge in [0.15, 0.2) is 12.6 Å². The maximum Gasteiger partial charge on any atom is 0.249 e. The number of hydrogen-bond donors (Lipinski definition) is 11. The minimum atomic E-state index is -1.49. The Kier molecular flexibility index (Phi) is 11.0. The maximum absolute atomic E-state index is 12.2. The quantitative estimate of drug-likeness (QED) is 0.123. The van der Waals surface area contributed by atoms with Crippen LogP contribution in [0.5, 0.6) is 0 Å². The molecule has 0 bridgehead atoms. The van der Waals surface area contributed by atoms with Gasteiger partial charge in [-0.15, -0.1) is 0 Å². The van der Waals surface area contributed by atoms with Crippen LogP contribution in [-0.4, -0.2) is 142 Å². The van der Waals surface area contributed by atoms with E-state index in [1.54, 1.807) is 0 Å². The summed E-state index contributed by atoms with van der Waals surface area (Å²) >= 11 is 0. The number of carbonyl (C=O) groups is 1. The first kappa shape index (κ1) is 30.5. The molecule has 0 aromatic rings. The third-order valence-electron chi connectivity index (χ3n) is 7.01. The van der Waals surface area contributed by atoms with Gasteiger partial charge in [-0.25, -0.2) is 0 Å². The molecular formula is C21H41N5O11. The minimum Gasteiger partial charge on any atom is -0.394 e. The average molecular weight is 540 g/mol. The Morgan fingerprint density at radius 3 is 2.24 bits per heavy atom. The predicted molar refractivity (Wildman–Crippen MR) is 124 cm³/mol. The lowest BCUT2D eigenvalue weighted by atomic mass is 9.86. The predicted octanol–water partition coefficient (Wildman–Crippen LogP) is -6.76. The monoisotopic (exact) mass is 539 g/mol. The van der Waals surface area contributed by atoms with Crippen molar-refractivity contribution >= 4 is 5.91 Å². The summed E-state index contributed by atoms with van der Waals surface area (Å²) in [6.07, 6.45) is -13.3. The molecule has 1 aliphatic carbocycles. The van der Waals surface area contributed by atoms with E-state index in [0.717, 1.165) is 0 Å². The van der Waals surface area contributed by atoms with E-state index in [1.165, 1.54) is 0 Å². The Morgan fingerprint density at radius 2 is 1.62 bits per heavy atom. The molecule has 3 fully saturated rings. The minimum absolute atomic E-state index is 0.0447. The number of nitrogens with two attached hydrogens (primary N) is 4. The van der Waals surface area contributed by atoms with E-state index < -0.39 is 98.2 Å². The summed E-state index contributed by atoms with van der Waals surface area (Å²) in [6, 6.07) is -2.52. The zero-order valence-corrected chi connectivity index (χ0v) is 20.4. The maximum atomic E-state index is 12.2. The van der Waals surface area contributed by atoms with Crippen LogP contribution in [0.1, 0.15) is 19.3 Å². The van der Waals surface area contributed by atoms with Gasteiger partial charge in [0.1, 0.15) is 48.8 Å². The van der Waals surface area contributed by atoms with E-state index in [9.17, 15) is 35.4 Å². The van der Waals surface area contributed by atoms with E-state index in [0.29, 0.717) is 0 Å². The molecule has 14 atom stereocenters. The molecule has 0 aromatic carbocycles. The number of amides is 1. The highest BCUT2D eigenvalue weighted by atomic mass is 16.7. The van der Waals surface area contributed by atoms with Crippen LogP contribution in [0.2, 0.25) is 0 Å². The van der Waals surface area contributed by atoms with E-state index >= 15 is 0 Å². The van der Waals surface area contributed by atoms with Gasteiger partial charge >= 0.3 is 0 Å². The number of carbonyl (C=O) groups excluding carboxylic acids is 1. The second kappa shape index (κ2) is 13.3. The molecule has 2 saturated heterocycles. The van der Waals surface area contributed by atoms with Crippen LogP contribution in [0, 0.1) is 0 Å². The summed E-state index contributed by atoms with van der Waals surface area (Å²) in [6.45, 7) is -0.619. The van der Waals surface area contributed by atoms with Gasteiger partial charge in [-0.3, -0.25) is 4.79 Å². The molecule has 16 heteroatoms. The Bertz CT molecular complexity index is 739. The van der Waals surface area contributed by atoms with Crippen LogP contribution in [-0.2, 0) is 23.7 Å². The van der Waals surface area contributed by atoms with E-state index in [2.05, 4.69) is 5.32 Å². The van der Waals surface area contributed by atoms with Crippen molar-refractivity contribution in [2.45, 2.75) is 105 Å². The van der Waals surface area contributed by atoms with Crippen LogP contribution in [0.3, 0.4) is 0 Å². The Balaban J connectivity index is 1.65. The summed E-state index contributed by atoms with van der Waals surface area (Å²) in [5, 5.41) is 64.1. The van der Waals surface area contributed by atoms with Gasteiger partial charge in [-0.1, -0.05) is 0 Å². The molecule has 37 heavy (non-hydrogen) atoms. The molecule has 3 aliphatic rings. The van der Waals surface area contributed by atoms with Crippen LogP contribution in [0.25, 0.3) is 0 Å². The fourth-order valence-corrected chi connectivity index (χ4v) is 4.84. The zero-order valence-electron chi connectivity index (χ0n) is 20.4. The van der Waals surface area contributed by atoms with Gasteiger partial charge in [0.25, 0.3) is 0 Å². The fraction of sp³-hybridized carbons (Fsp3) is 0.952. The summed E-state index contributed by atoms with van der Waals surface area (Å²) < 4.78 is 22.7. The smallest absolute Gasteiger partial charge is 0.249 e. The van der Waals surface area contributed by atoms with E-state index in [-0.39, 0.29) is 32.4 Å². The molecule has 3 rings (SSSR count). The second-order valence-corrected chi connectivity index (χ2v) is 9.76. The first-order chi connectivity index (χ1) is 17.5. The van der Waals surface area contributed by atoms with Crippen molar-refractivity contribution in [3.05, 3.63) is 0 Å². The van der Waals surface area contributed by atoms with Crippen LogP contribution >= 0.6 is 0 Å². The van der Waals surface area contributed by atoms with Gasteiger partial charge < -0.3 is 77.8 Å². The molecule has 2 aliphatic heterocycles. The lowest BCUT2D eigenvalue weighted by Crippen LogP contribution is -2.64. The fourth-order valence-electron chi connectivity index (χ4n) is 4.84. The Labute approximate surface area is 213 Å². The molecule has 0 aromatic heterocycles. The lowest BCUT2D eigenvalue weighted by Gasteiger charge is -2.42. The zero-order chi connectivity index (χ0) is 27.4. The second-order valence-electron chi connectivity index (χ2n) is 9.76. The van der Waals surface area contributed by atoms with Crippen molar-refractivity contribution in [2.75, 3.05) is 19.7 Å². The molecule has 1 amide bonds. The topological polar surface area (TPSA) is 291 Å². The molecule has 0 radical (unpaired) electrons. The number of nitrogens with one attached hydrogen (secondary N) is 1. The SMILES string of the molecule is NCCC(O)C(=O)NC1CC(N)CC(OC2OC(CO)C(OC3OC(CN)C(O)C(O)C3N)C2O)C1O. The first-order valence-electron chi connectivity index (χ1n) is 12.4. The average Bonchev–Trinajstić information content (AvgIpc) is 3.16. The van der Waals surface area contributed by atoms with Gasteiger partial charge in [-0.05, 0) is 25.8 Å². The highest BCUT2D eigenvalue weighted by Gasteiger charge is 2.51. The van der Waals surface area contributed by atoms with Gasteiger partial charge in [0, 0.05) is 12.6 Å². The Morgan fingerprint density at radius 1 is 0.946 bits per heavy atom. The summed E-state index contributed by atoms with van der Waals surface area (Å²) in [5.41, 5.74) is 23.0. The molecule has 216 valence electrons. The highest BCUT2D eigenvalue weighted by Crippen LogP contribution is 2.32. The molecule has 16 nitrogen and oxygen atoms in total. The molecule has 0 spiro atoms. The number of aliphatic hydroxyl groups is 6. The van der Waals surface area contributed by atoms with Crippen LogP contribution < -0.4 is 28.3 Å². The van der Waals surface area contributed by atoms with Gasteiger partial charge in [-0.2, -0.15) is 0 Å². The largest absolute Gasteiger partial charge is 0.394 e. The first-order valence-corrected chi connectivity index (χ1v) is 12.4. The standard InChI is InChI=1S/C21H41N5O11/c22-2-1-9(28)19(33)26-8-3-7(24)4-10(14(8)29)34-21-17(32)18(12(6-27)36-21)37-20-13(25)16(31)15(30)11(5-23)35-20/h7-18,20-21,27-32H,1-6,22-25H2,(H,26,33). The Hall–Kier alpha value is -1.09. The summed E-state index contributed by atoms with van der Waals surface area (Å²) in [5.74, 6) is -0.708. The molecule has 15 N–H and O–H groups in total. The van der Waals surface area contributed by atoms with Crippen LogP contribution in [0.4, 0.5) is 0 Å². The van der Waals surface area contributed by atoms with Crippen molar-refractivity contribution in [3.8, 4) is 0 Å². The normalized spacial score (nSPS) is 45.5. The van der Waals surface area contributed by atoms with Crippen molar-refractivity contribution < 1.29 is 54.4 Å². The van der Waals surface area contributed by atoms with Gasteiger partial charge in [0.2, 0.25) is 5.91 Å². The van der Waals surface area contributed by atoms with E-state index in [1.807, 2.05) is 0 Å². The van der Waals surface area contributed by atoms with Crippen molar-refractivity contribution in [1.29, 1.82) is 0 Å².